The molecule has 0 saturated carbocycles. The third kappa shape index (κ3) is 7.40. The molecule has 2 aromatic rings. The minimum absolute atomic E-state index is 0. The zero-order chi connectivity index (χ0) is 19.2. The number of guanidine groups is 1. The van der Waals surface area contributed by atoms with E-state index in [1.54, 1.807) is 17.5 Å². The number of hydrogen-bond acceptors (Lipinski definition) is 5. The molecule has 0 atom stereocenters. The van der Waals surface area contributed by atoms with E-state index in [9.17, 15) is 0 Å². The van der Waals surface area contributed by atoms with Crippen molar-refractivity contribution in [2.45, 2.75) is 66.3 Å². The molecule has 0 amide bonds. The number of nitrogens with zero attached hydrogens (tertiary/aromatic N) is 3. The van der Waals surface area contributed by atoms with Crippen LogP contribution >= 0.6 is 35.3 Å². The van der Waals surface area contributed by atoms with Crippen LogP contribution in [0.3, 0.4) is 0 Å². The van der Waals surface area contributed by atoms with Crippen LogP contribution in [0.25, 0.3) is 0 Å². The van der Waals surface area contributed by atoms with E-state index in [0.29, 0.717) is 12.4 Å². The van der Waals surface area contributed by atoms with Crippen molar-refractivity contribution in [1.29, 1.82) is 0 Å². The van der Waals surface area contributed by atoms with Gasteiger partial charge < -0.3 is 15.1 Å². The van der Waals surface area contributed by atoms with E-state index in [-0.39, 0.29) is 29.4 Å². The average molecular weight is 505 g/mol. The van der Waals surface area contributed by atoms with E-state index in [2.05, 4.69) is 67.1 Å². The van der Waals surface area contributed by atoms with Gasteiger partial charge in [-0.3, -0.25) is 0 Å². The fourth-order valence-electron chi connectivity index (χ4n) is 2.43. The highest BCUT2D eigenvalue weighted by Crippen LogP contribution is 2.22. The van der Waals surface area contributed by atoms with Crippen molar-refractivity contribution < 1.29 is 4.42 Å². The molecule has 0 aromatic carbocycles. The molecule has 0 radical (unpaired) electrons. The number of aryl methyl sites for hydroxylation is 2. The molecule has 0 bridgehead atoms. The Hall–Kier alpha value is -1.16. The Morgan fingerprint density at radius 3 is 2.56 bits per heavy atom. The van der Waals surface area contributed by atoms with E-state index in [0.717, 1.165) is 37.7 Å². The molecule has 6 nitrogen and oxygen atoms in total. The lowest BCUT2D eigenvalue weighted by Gasteiger charge is -2.13. The highest BCUT2D eigenvalue weighted by molar-refractivity contribution is 14.0. The van der Waals surface area contributed by atoms with Gasteiger partial charge in [-0.25, -0.2) is 15.0 Å². The first-order chi connectivity index (χ1) is 12.3. The molecule has 0 aliphatic heterocycles. The summed E-state index contributed by atoms with van der Waals surface area (Å²) in [5.41, 5.74) is 1.17. The maximum Gasteiger partial charge on any atom is 0.216 e. The van der Waals surface area contributed by atoms with Gasteiger partial charge in [-0.15, -0.1) is 35.3 Å². The molecule has 2 rings (SSSR count). The summed E-state index contributed by atoms with van der Waals surface area (Å²) in [6, 6.07) is 0. The van der Waals surface area contributed by atoms with Gasteiger partial charge >= 0.3 is 0 Å². The standard InChI is InChI=1S/C19H31N5OS.HI/c1-7-14-13(3)26-17(24-14)9-10-21-18(20-8-2)23-12-16-22-11-15(25-16)19(4,5)6;/h11H,7-10,12H2,1-6H3,(H2,20,21,23);1H. The van der Waals surface area contributed by atoms with Gasteiger partial charge in [-0.1, -0.05) is 27.7 Å². The molecular weight excluding hydrogens is 473 g/mol. The van der Waals surface area contributed by atoms with Gasteiger partial charge in [-0.2, -0.15) is 0 Å². The van der Waals surface area contributed by atoms with Crippen molar-refractivity contribution in [3.05, 3.63) is 33.4 Å². The van der Waals surface area contributed by atoms with Gasteiger partial charge in [-0.05, 0) is 20.3 Å². The first-order valence-corrected chi connectivity index (χ1v) is 10.1. The van der Waals surface area contributed by atoms with Crippen LogP contribution in [0.1, 0.15) is 61.8 Å². The van der Waals surface area contributed by atoms with Gasteiger partial charge in [0.2, 0.25) is 5.89 Å². The smallest absolute Gasteiger partial charge is 0.216 e. The first-order valence-electron chi connectivity index (χ1n) is 9.26. The highest BCUT2D eigenvalue weighted by atomic mass is 127. The van der Waals surface area contributed by atoms with Gasteiger partial charge in [0.05, 0.1) is 16.9 Å². The Bertz CT molecular complexity index is 733. The number of rotatable bonds is 7. The molecule has 0 unspecified atom stereocenters. The van der Waals surface area contributed by atoms with Crippen molar-refractivity contribution in [3.63, 3.8) is 0 Å². The summed E-state index contributed by atoms with van der Waals surface area (Å²) in [4.78, 5) is 14.9. The van der Waals surface area contributed by atoms with E-state index in [1.165, 1.54) is 15.6 Å². The predicted molar refractivity (Wildman–Crippen MR) is 123 cm³/mol. The summed E-state index contributed by atoms with van der Waals surface area (Å²) in [5.74, 6) is 2.29. The number of aromatic nitrogens is 2. The summed E-state index contributed by atoms with van der Waals surface area (Å²) in [5, 5.41) is 7.79. The Labute approximate surface area is 183 Å². The number of nitrogens with one attached hydrogen (secondary N) is 2. The topological polar surface area (TPSA) is 75.3 Å². The number of halogens is 1. The average Bonchev–Trinajstić information content (AvgIpc) is 3.19. The third-order valence-corrected chi connectivity index (χ3v) is 4.99. The van der Waals surface area contributed by atoms with E-state index < -0.39 is 0 Å². The van der Waals surface area contributed by atoms with Gasteiger partial charge in [0.15, 0.2) is 5.96 Å². The summed E-state index contributed by atoms with van der Waals surface area (Å²) in [6.45, 7) is 14.7. The fraction of sp³-hybridized carbons (Fsp3) is 0.632. The van der Waals surface area contributed by atoms with Gasteiger partial charge in [0, 0.05) is 29.8 Å². The molecule has 2 N–H and O–H groups in total. The molecule has 0 aliphatic rings. The van der Waals surface area contributed by atoms with E-state index >= 15 is 0 Å². The number of thiazole rings is 1. The molecule has 2 heterocycles. The Kier molecular flexibility index (Phi) is 9.72. The van der Waals surface area contributed by atoms with Crippen molar-refractivity contribution in [3.8, 4) is 0 Å². The van der Waals surface area contributed by atoms with Gasteiger partial charge in [0.25, 0.3) is 0 Å². The monoisotopic (exact) mass is 505 g/mol. The second kappa shape index (κ2) is 11.0. The lowest BCUT2D eigenvalue weighted by Crippen LogP contribution is -2.38. The molecule has 0 aliphatic carbocycles. The van der Waals surface area contributed by atoms with Crippen LogP contribution in [0.4, 0.5) is 0 Å². The van der Waals surface area contributed by atoms with Crippen molar-refractivity contribution in [2.24, 2.45) is 4.99 Å². The zero-order valence-corrected chi connectivity index (χ0v) is 20.3. The summed E-state index contributed by atoms with van der Waals surface area (Å²) in [6.07, 6.45) is 3.68. The third-order valence-electron chi connectivity index (χ3n) is 3.91. The summed E-state index contributed by atoms with van der Waals surface area (Å²) >= 11 is 1.78. The largest absolute Gasteiger partial charge is 0.443 e. The second-order valence-corrected chi connectivity index (χ2v) is 8.49. The van der Waals surface area contributed by atoms with E-state index in [1.807, 2.05) is 0 Å². The fourth-order valence-corrected chi connectivity index (χ4v) is 3.45. The van der Waals surface area contributed by atoms with Crippen LogP contribution < -0.4 is 10.6 Å². The SMILES string of the molecule is CCNC(=NCc1ncc(C(C)(C)C)o1)NCCc1nc(CC)c(C)s1.I. The molecule has 0 spiro atoms. The normalized spacial score (nSPS) is 12.0. The minimum atomic E-state index is -0.0408. The maximum atomic E-state index is 5.80. The van der Waals surface area contributed by atoms with Crippen LogP contribution in [0.2, 0.25) is 0 Å². The van der Waals surface area contributed by atoms with Crippen LogP contribution in [0, 0.1) is 6.92 Å². The number of aliphatic imine (C=N–C) groups is 1. The zero-order valence-electron chi connectivity index (χ0n) is 17.2. The predicted octanol–water partition coefficient (Wildman–Crippen LogP) is 4.22. The molecule has 0 saturated heterocycles. The lowest BCUT2D eigenvalue weighted by molar-refractivity contribution is 0.383. The molecule has 0 fully saturated rings. The Morgan fingerprint density at radius 2 is 2.00 bits per heavy atom. The Morgan fingerprint density at radius 1 is 1.26 bits per heavy atom. The highest BCUT2D eigenvalue weighted by Gasteiger charge is 2.19. The Balaban J connectivity index is 0.00000364. The van der Waals surface area contributed by atoms with Crippen LogP contribution in [0.5, 0.6) is 0 Å². The van der Waals surface area contributed by atoms with Crippen LogP contribution in [-0.4, -0.2) is 29.0 Å². The first kappa shape index (κ1) is 23.9. The molecule has 2 aromatic heterocycles. The molecule has 27 heavy (non-hydrogen) atoms. The molecule has 8 heteroatoms. The molecular formula is C19H32IN5OS. The van der Waals surface area contributed by atoms with Crippen molar-refractivity contribution >= 4 is 41.3 Å². The van der Waals surface area contributed by atoms with Crippen LogP contribution in [-0.2, 0) is 24.8 Å². The van der Waals surface area contributed by atoms with Crippen LogP contribution in [0.15, 0.2) is 15.6 Å². The van der Waals surface area contributed by atoms with Crippen molar-refractivity contribution in [1.82, 2.24) is 20.6 Å². The quantitative estimate of drug-likeness (QED) is 0.335. The lowest BCUT2D eigenvalue weighted by atomic mass is 9.94. The second-order valence-electron chi connectivity index (χ2n) is 7.20. The van der Waals surface area contributed by atoms with Gasteiger partial charge in [0.1, 0.15) is 12.3 Å². The number of hydrogen-bond donors (Lipinski definition) is 2. The van der Waals surface area contributed by atoms with E-state index in [4.69, 9.17) is 4.42 Å². The number of oxazole rings is 1. The maximum absolute atomic E-state index is 5.80. The van der Waals surface area contributed by atoms with Crippen molar-refractivity contribution in [2.75, 3.05) is 13.1 Å². The summed E-state index contributed by atoms with van der Waals surface area (Å²) < 4.78 is 5.80. The minimum Gasteiger partial charge on any atom is -0.443 e. The molecule has 152 valence electrons. The summed E-state index contributed by atoms with van der Waals surface area (Å²) in [7, 11) is 0.